The van der Waals surface area contributed by atoms with Gasteiger partial charge in [-0.1, -0.05) is 88.5 Å². The van der Waals surface area contributed by atoms with Gasteiger partial charge in [-0.05, 0) is 94.5 Å². The van der Waals surface area contributed by atoms with Crippen molar-refractivity contribution >= 4 is 124 Å². The van der Waals surface area contributed by atoms with Crippen LogP contribution in [0.2, 0.25) is 0 Å². The summed E-state index contributed by atoms with van der Waals surface area (Å²) in [7, 11) is 0. The fraction of sp³-hybridized carbons (Fsp3) is 0.708. The zero-order valence-corrected chi connectivity index (χ0v) is 70.2. The Kier molecular flexibility index (Phi) is 51.6. The van der Waals surface area contributed by atoms with E-state index in [0.29, 0.717) is 0 Å². The van der Waals surface area contributed by atoms with Crippen molar-refractivity contribution < 1.29 is 116 Å². The van der Waals surface area contributed by atoms with Gasteiger partial charge in [0.25, 0.3) is 0 Å². The summed E-state index contributed by atoms with van der Waals surface area (Å²) >= 11 is 0. The molecular weight excluding hydrogens is 1600 g/mol. The lowest BCUT2D eigenvalue weighted by atomic mass is 9.94. The molecule has 0 saturated heterocycles. The van der Waals surface area contributed by atoms with E-state index in [1.54, 1.807) is 62.3 Å². The first-order chi connectivity index (χ1) is 56.4. The molecule has 686 valence electrons. The Morgan fingerprint density at radius 1 is 0.322 bits per heavy atom. The minimum atomic E-state index is -2.13. The first kappa shape index (κ1) is 110. The van der Waals surface area contributed by atoms with Crippen LogP contribution in [-0.4, -0.2) is 263 Å². The molecule has 0 aromatic heterocycles. The number of primary amides is 3. The van der Waals surface area contributed by atoms with E-state index in [0.717, 1.165) is 0 Å². The number of nitrogens with two attached hydrogens (primary N) is 8. The summed E-state index contributed by atoms with van der Waals surface area (Å²) in [4.78, 5) is 278. The molecule has 0 heterocycles. The lowest BCUT2D eigenvalue weighted by Gasteiger charge is -2.30. The Morgan fingerprint density at radius 2 is 0.636 bits per heavy atom. The average molecular weight is 1730 g/mol. The van der Waals surface area contributed by atoms with Crippen molar-refractivity contribution in [2.75, 3.05) is 32.7 Å². The number of hydrogen-bond donors (Lipinski definition) is 28. The SMILES string of the molecule is CC[C@H](C)[C@H](NC(=O)[C@H](C)NC(=O)[C@H](CC(C)C)NC(=O)[C@H](CCC(N)=O)NC(=O)[C@H](CCCNC(N)N)NC(=O)CNC(=O)[C@@H](NC(=O)[C@H](CCC(N)=O)NC(=O)CN)C(C)C)C(=O)N[C@H](C(=O)NCC(=O)N[C@@H](CC(=O)O)C(=O)N[C@@H](CC(=O)O)C(=O)N[C@H](C(=O)N[C@@H](CC(N)=O)C(=O)N[C@@H](CCCNC(N)N)C(=O)O)[C@@H](C)CC)[C@@H](C)CC. The van der Waals surface area contributed by atoms with Gasteiger partial charge in [0, 0.05) is 12.8 Å². The van der Waals surface area contributed by atoms with E-state index in [2.05, 4.69) is 85.1 Å². The van der Waals surface area contributed by atoms with Gasteiger partial charge in [-0.25, -0.2) is 4.79 Å². The maximum Gasteiger partial charge on any atom is 0.326 e. The molecule has 0 aromatic carbocycles. The molecule has 0 spiro atoms. The molecule has 0 aromatic rings. The summed E-state index contributed by atoms with van der Waals surface area (Å²) in [6.45, 7) is 15.1. The molecule has 0 bridgehead atoms. The third-order valence-electron chi connectivity index (χ3n) is 18.8. The number of rotatable bonds is 62. The number of carboxylic acids is 3. The number of hydrogen-bond acceptors (Lipinski definition) is 28. The third-order valence-corrected chi connectivity index (χ3v) is 18.8. The lowest BCUT2D eigenvalue weighted by Crippen LogP contribution is -2.61. The second kappa shape index (κ2) is 56.9. The van der Waals surface area contributed by atoms with E-state index >= 15 is 0 Å². The van der Waals surface area contributed by atoms with E-state index in [4.69, 9.17) is 45.9 Å². The van der Waals surface area contributed by atoms with Crippen LogP contribution >= 0.6 is 0 Å². The molecule has 0 saturated carbocycles. The minimum absolute atomic E-state index is 0.0948. The quantitative estimate of drug-likeness (QED) is 0.0199. The van der Waals surface area contributed by atoms with Crippen LogP contribution in [0.4, 0.5) is 0 Å². The predicted octanol–water partition coefficient (Wildman–Crippen LogP) is -11.1. The van der Waals surface area contributed by atoms with E-state index in [-0.39, 0.29) is 83.2 Å². The summed E-state index contributed by atoms with van der Waals surface area (Å²) in [5.41, 5.74) is 43.6. The van der Waals surface area contributed by atoms with Gasteiger partial charge >= 0.3 is 17.9 Å². The number of aliphatic carboxylic acids is 3. The zero-order chi connectivity index (χ0) is 92.8. The van der Waals surface area contributed by atoms with Gasteiger partial charge in [0.2, 0.25) is 106 Å². The highest BCUT2D eigenvalue weighted by molar-refractivity contribution is 6.02. The maximum absolute atomic E-state index is 14.3. The molecule has 0 aliphatic heterocycles. The summed E-state index contributed by atoms with van der Waals surface area (Å²) in [5.74, 6) is -26.8. The number of carboxylic acid groups (broad SMARTS) is 3. The van der Waals surface area contributed by atoms with Gasteiger partial charge in [-0.3, -0.25) is 107 Å². The van der Waals surface area contributed by atoms with Crippen molar-refractivity contribution in [3.8, 4) is 0 Å². The van der Waals surface area contributed by atoms with Crippen LogP contribution in [0, 0.1) is 29.6 Å². The van der Waals surface area contributed by atoms with E-state index in [9.17, 15) is 116 Å². The molecule has 16 atom stereocenters. The molecule has 18 amide bonds. The monoisotopic (exact) mass is 1730 g/mol. The highest BCUT2D eigenvalue weighted by atomic mass is 16.4. The summed E-state index contributed by atoms with van der Waals surface area (Å²) < 4.78 is 0. The molecule has 0 rings (SSSR count). The van der Waals surface area contributed by atoms with Crippen LogP contribution in [0.3, 0.4) is 0 Å². The van der Waals surface area contributed by atoms with E-state index in [1.165, 1.54) is 13.8 Å². The Labute approximate surface area is 699 Å². The molecule has 49 nitrogen and oxygen atoms in total. The van der Waals surface area contributed by atoms with Gasteiger partial charge in [0.05, 0.1) is 38.9 Å². The number of carbonyl (C=O) groups is 21. The Hall–Kier alpha value is -11.4. The Balaban J connectivity index is 6.74. The average Bonchev–Trinajstić information content (AvgIpc) is 0.847. The smallest absolute Gasteiger partial charge is 0.326 e. The van der Waals surface area contributed by atoms with Crippen molar-refractivity contribution in [1.29, 1.82) is 0 Å². The van der Waals surface area contributed by atoms with Crippen molar-refractivity contribution in [3.63, 3.8) is 0 Å². The van der Waals surface area contributed by atoms with Gasteiger partial charge in [-0.2, -0.15) is 0 Å². The predicted molar refractivity (Wildman–Crippen MR) is 430 cm³/mol. The molecule has 0 radical (unpaired) electrons. The number of carbonyl (C=O) groups excluding carboxylic acids is 18. The molecule has 0 fully saturated rings. The van der Waals surface area contributed by atoms with Crippen molar-refractivity contribution in [3.05, 3.63) is 0 Å². The van der Waals surface area contributed by atoms with Gasteiger partial charge in [0.15, 0.2) is 0 Å². The Morgan fingerprint density at radius 3 is 1.05 bits per heavy atom. The largest absolute Gasteiger partial charge is 0.481 e. The van der Waals surface area contributed by atoms with E-state index < -0.39 is 291 Å². The van der Waals surface area contributed by atoms with Crippen LogP contribution in [0.15, 0.2) is 0 Å². The fourth-order valence-corrected chi connectivity index (χ4v) is 11.4. The molecule has 0 aliphatic rings. The third kappa shape index (κ3) is 44.5. The summed E-state index contributed by atoms with van der Waals surface area (Å²) in [6, 6.07) is -21.0. The molecular formula is C72H129N25O24. The van der Waals surface area contributed by atoms with Gasteiger partial charge in [0.1, 0.15) is 91.1 Å². The molecule has 36 N–H and O–H groups in total. The summed E-state index contributed by atoms with van der Waals surface area (Å²) in [5, 5.41) is 70.3. The van der Waals surface area contributed by atoms with Crippen LogP contribution in [-0.2, 0) is 101 Å². The maximum atomic E-state index is 14.3. The second-order valence-electron chi connectivity index (χ2n) is 30.0. The molecule has 121 heavy (non-hydrogen) atoms. The lowest BCUT2D eigenvalue weighted by molar-refractivity contribution is -0.143. The zero-order valence-electron chi connectivity index (χ0n) is 70.2. The van der Waals surface area contributed by atoms with Crippen molar-refractivity contribution in [2.45, 2.75) is 264 Å². The second-order valence-corrected chi connectivity index (χ2v) is 30.0. The summed E-state index contributed by atoms with van der Waals surface area (Å²) in [6.07, 6.45) is -6.45. The van der Waals surface area contributed by atoms with Crippen LogP contribution in [0.1, 0.15) is 172 Å². The van der Waals surface area contributed by atoms with Crippen LogP contribution in [0.5, 0.6) is 0 Å². The molecule has 49 heteroatoms. The van der Waals surface area contributed by atoms with Crippen molar-refractivity contribution in [1.82, 2.24) is 90.4 Å². The Bertz CT molecular complexity index is 3550. The molecule has 0 aliphatic carbocycles. The van der Waals surface area contributed by atoms with Crippen LogP contribution in [0.25, 0.3) is 0 Å². The topological polar surface area (TPSA) is 832 Å². The molecule has 0 unspecified atom stereocenters. The number of nitrogens with one attached hydrogen (secondary N) is 17. The number of amides is 18. The van der Waals surface area contributed by atoms with Gasteiger partial charge < -0.3 is 141 Å². The van der Waals surface area contributed by atoms with E-state index in [1.807, 2.05) is 5.32 Å². The normalized spacial score (nSPS) is 15.2. The first-order valence-electron chi connectivity index (χ1n) is 39.6. The standard InChI is InChI=1S/C72H129N25O24/c1-12-34(8)55(67(117)84-31-51(103)88-44(27-52(104)105)64(114)92-45(28-53(106)107)65(115)96-56(35(9)13-2)68(118)93-43(26-48(76)100)63(113)90-41(70(120)121)18-16-24-82-72(79)80)97-69(119)57(36(10)14-3)95-58(108)37(11)85-62(112)42(25-32(4)5)91-60(110)40(20-22-47(75)99)89-59(109)38(17-15-23-81-71(77)78)87-50(102)30-83-66(116)54(33(6)7)94-61(111)39(19-21-46(74)98)86-49(101)29-73/h32-45,54-57,71-72,81-82H,12-31,73,77-80H2,1-11H3,(H2,74,98)(H2,75,99)(H2,76,100)(H,83,116)(H,84,117)(H,85,112)(H,86,101)(H,87,102)(H,88,103)(H,89,109)(H,90,113)(H,91,110)(H,92,114)(H,93,118)(H,94,111)(H,95,108)(H,96,115)(H,97,119)(H,104,105)(H,106,107)(H,120,121)/t34-,35-,36-,37-,38-,39-,40-,41-,42-,43-,44-,45-,54-,55-,56-,57-/m0/s1. The van der Waals surface area contributed by atoms with Crippen LogP contribution < -0.4 is 136 Å². The fourth-order valence-electron chi connectivity index (χ4n) is 11.4. The van der Waals surface area contributed by atoms with Crippen molar-refractivity contribution in [2.24, 2.45) is 75.5 Å². The highest BCUT2D eigenvalue weighted by Gasteiger charge is 2.40. The highest BCUT2D eigenvalue weighted by Crippen LogP contribution is 2.16. The minimum Gasteiger partial charge on any atom is -0.481 e. The first-order valence-corrected chi connectivity index (χ1v) is 39.6. The van der Waals surface area contributed by atoms with Gasteiger partial charge in [-0.15, -0.1) is 0 Å².